The lowest BCUT2D eigenvalue weighted by Gasteiger charge is -2.19. The third kappa shape index (κ3) is 4.58. The highest BCUT2D eigenvalue weighted by molar-refractivity contribution is 6.04. The number of amides is 1. The molecule has 40 heavy (non-hydrogen) atoms. The van der Waals surface area contributed by atoms with Gasteiger partial charge in [-0.1, -0.05) is 60.7 Å². The third-order valence-corrected chi connectivity index (χ3v) is 6.91. The molecule has 6 rings (SSSR count). The fraction of sp³-hybridized carbons (Fsp3) is 0.129. The molecule has 9 nitrogen and oxygen atoms in total. The van der Waals surface area contributed by atoms with Crippen LogP contribution in [0.2, 0.25) is 0 Å². The van der Waals surface area contributed by atoms with Crippen LogP contribution >= 0.6 is 0 Å². The lowest BCUT2D eigenvalue weighted by atomic mass is 9.97. The minimum Gasteiger partial charge on any atom is -0.381 e. The highest BCUT2D eigenvalue weighted by Crippen LogP contribution is 2.32. The quantitative estimate of drug-likeness (QED) is 0.306. The Hall–Kier alpha value is -5.31. The minimum atomic E-state index is -0.380. The predicted molar refractivity (Wildman–Crippen MR) is 157 cm³/mol. The van der Waals surface area contributed by atoms with Crippen molar-refractivity contribution in [3.05, 3.63) is 107 Å². The molecule has 0 aliphatic carbocycles. The van der Waals surface area contributed by atoms with Crippen molar-refractivity contribution in [3.63, 3.8) is 0 Å². The first-order chi connectivity index (χ1) is 19.4. The number of nitrogens with two attached hydrogens (primary N) is 1. The summed E-state index contributed by atoms with van der Waals surface area (Å²) >= 11 is 0. The van der Waals surface area contributed by atoms with Gasteiger partial charge in [-0.05, 0) is 26.0 Å². The van der Waals surface area contributed by atoms with Crippen molar-refractivity contribution < 1.29 is 4.79 Å². The van der Waals surface area contributed by atoms with Crippen LogP contribution in [-0.2, 0) is 7.05 Å². The van der Waals surface area contributed by atoms with E-state index in [9.17, 15) is 4.79 Å². The van der Waals surface area contributed by atoms with Crippen LogP contribution in [0, 0.1) is 6.92 Å². The fourth-order valence-electron chi connectivity index (χ4n) is 4.96. The standard InChI is InChI=1S/C31H28N8O/c1-19-24(18-38(3)36-19)14-13-22-11-7-12-23-17-25(28(35-27(22)23)21-9-5-4-6-10-21)20(2)34-31(40)26-29(32)37-39-16-8-15-33-30(26)39/h4-18,20H,1-3H3,(H2,32,37)(H,34,40)/b14-13+/t20-/m1/s1. The van der Waals surface area contributed by atoms with Crippen LogP contribution in [0.25, 0.3) is 40.0 Å². The maximum absolute atomic E-state index is 13.4. The SMILES string of the molecule is Cc1nn(C)cc1/C=C/c1cccc2cc([C@@H](C)NC(=O)c3c(N)nn4cccnc34)c(-c3ccccc3)nc12. The molecule has 6 aromatic rings. The second-order valence-electron chi connectivity index (χ2n) is 9.73. The number of nitrogen functional groups attached to an aromatic ring is 1. The molecule has 0 radical (unpaired) electrons. The van der Waals surface area contributed by atoms with Crippen LogP contribution in [-0.4, -0.2) is 35.3 Å². The molecular formula is C31H28N8O. The molecule has 3 N–H and O–H groups in total. The Labute approximate surface area is 231 Å². The van der Waals surface area contributed by atoms with Gasteiger partial charge in [-0.25, -0.2) is 14.5 Å². The summed E-state index contributed by atoms with van der Waals surface area (Å²) in [6.07, 6.45) is 9.45. The average molecular weight is 529 g/mol. The summed E-state index contributed by atoms with van der Waals surface area (Å²) in [5, 5.41) is 12.7. The summed E-state index contributed by atoms with van der Waals surface area (Å²) in [5.74, 6) is -0.218. The van der Waals surface area contributed by atoms with E-state index in [0.29, 0.717) is 5.65 Å². The van der Waals surface area contributed by atoms with Gasteiger partial charge in [-0.2, -0.15) is 5.10 Å². The Morgan fingerprint density at radius 2 is 1.82 bits per heavy atom. The molecule has 4 heterocycles. The predicted octanol–water partition coefficient (Wildman–Crippen LogP) is 5.23. The molecule has 2 aromatic carbocycles. The summed E-state index contributed by atoms with van der Waals surface area (Å²) in [6.45, 7) is 3.94. The first-order valence-electron chi connectivity index (χ1n) is 13.0. The average Bonchev–Trinajstić information content (AvgIpc) is 3.47. The summed E-state index contributed by atoms with van der Waals surface area (Å²) < 4.78 is 3.31. The molecule has 1 amide bonds. The summed E-state index contributed by atoms with van der Waals surface area (Å²) in [7, 11) is 1.91. The molecule has 0 aliphatic rings. The van der Waals surface area contributed by atoms with Gasteiger partial charge in [0.2, 0.25) is 0 Å². The number of carbonyl (C=O) groups is 1. The maximum atomic E-state index is 13.4. The summed E-state index contributed by atoms with van der Waals surface area (Å²) in [5.41, 5.74) is 13.3. The molecule has 0 aliphatic heterocycles. The van der Waals surface area contributed by atoms with E-state index in [1.54, 1.807) is 18.5 Å². The Kier molecular flexibility index (Phi) is 6.31. The Morgan fingerprint density at radius 3 is 2.60 bits per heavy atom. The van der Waals surface area contributed by atoms with Crippen molar-refractivity contribution in [2.45, 2.75) is 19.9 Å². The monoisotopic (exact) mass is 528 g/mol. The second-order valence-corrected chi connectivity index (χ2v) is 9.73. The topological polar surface area (TPSA) is 116 Å². The minimum absolute atomic E-state index is 0.128. The molecule has 0 fully saturated rings. The number of nitrogens with one attached hydrogen (secondary N) is 1. The van der Waals surface area contributed by atoms with E-state index in [-0.39, 0.29) is 23.3 Å². The molecule has 1 atom stereocenters. The van der Waals surface area contributed by atoms with Gasteiger partial charge in [0.1, 0.15) is 5.56 Å². The van der Waals surface area contributed by atoms with E-state index in [1.807, 2.05) is 74.2 Å². The normalized spacial score (nSPS) is 12.4. The molecule has 0 saturated carbocycles. The molecule has 198 valence electrons. The zero-order chi connectivity index (χ0) is 27.8. The van der Waals surface area contributed by atoms with Crippen molar-refractivity contribution in [2.75, 3.05) is 5.73 Å². The van der Waals surface area contributed by atoms with E-state index >= 15 is 0 Å². The van der Waals surface area contributed by atoms with Gasteiger partial charge in [0.25, 0.3) is 5.91 Å². The van der Waals surface area contributed by atoms with Gasteiger partial charge in [-0.15, -0.1) is 5.10 Å². The molecular weight excluding hydrogens is 500 g/mol. The number of rotatable bonds is 6. The number of hydrogen-bond donors (Lipinski definition) is 2. The number of hydrogen-bond acceptors (Lipinski definition) is 6. The maximum Gasteiger partial charge on any atom is 0.259 e. The highest BCUT2D eigenvalue weighted by Gasteiger charge is 2.23. The van der Waals surface area contributed by atoms with E-state index in [4.69, 9.17) is 10.7 Å². The first-order valence-corrected chi connectivity index (χ1v) is 13.0. The van der Waals surface area contributed by atoms with E-state index in [1.165, 1.54) is 4.52 Å². The molecule has 0 bridgehead atoms. The van der Waals surface area contributed by atoms with Crippen molar-refractivity contribution in [1.82, 2.24) is 34.7 Å². The Balaban J connectivity index is 1.42. The number of nitrogens with zero attached hydrogens (tertiary/aromatic N) is 6. The fourth-order valence-corrected chi connectivity index (χ4v) is 4.96. The second kappa shape index (κ2) is 10.1. The number of benzene rings is 2. The van der Waals surface area contributed by atoms with Gasteiger partial charge in [0.05, 0.1) is 22.9 Å². The van der Waals surface area contributed by atoms with Gasteiger partial charge in [-0.3, -0.25) is 9.48 Å². The molecule has 0 unspecified atom stereocenters. The third-order valence-electron chi connectivity index (χ3n) is 6.91. The number of carbonyl (C=O) groups excluding carboxylic acids is 1. The smallest absolute Gasteiger partial charge is 0.259 e. The lowest BCUT2D eigenvalue weighted by molar-refractivity contribution is 0.0942. The van der Waals surface area contributed by atoms with Crippen molar-refractivity contribution in [2.24, 2.45) is 7.05 Å². The van der Waals surface area contributed by atoms with Crippen LogP contribution in [0.3, 0.4) is 0 Å². The van der Waals surface area contributed by atoms with Crippen molar-refractivity contribution in [3.8, 4) is 11.3 Å². The molecule has 9 heteroatoms. The largest absolute Gasteiger partial charge is 0.381 e. The van der Waals surface area contributed by atoms with Crippen LogP contribution in [0.1, 0.15) is 45.7 Å². The van der Waals surface area contributed by atoms with Gasteiger partial charge in [0.15, 0.2) is 11.5 Å². The van der Waals surface area contributed by atoms with Crippen LogP contribution in [0.4, 0.5) is 5.82 Å². The number of aryl methyl sites for hydroxylation is 2. The Bertz CT molecular complexity index is 1900. The van der Waals surface area contributed by atoms with Gasteiger partial charge < -0.3 is 11.1 Å². The summed E-state index contributed by atoms with van der Waals surface area (Å²) in [4.78, 5) is 22.9. The van der Waals surface area contributed by atoms with Gasteiger partial charge >= 0.3 is 0 Å². The number of aromatic nitrogens is 6. The lowest BCUT2D eigenvalue weighted by Crippen LogP contribution is -2.28. The van der Waals surface area contributed by atoms with E-state index < -0.39 is 0 Å². The van der Waals surface area contributed by atoms with E-state index in [2.05, 4.69) is 44.8 Å². The number of anilines is 1. The summed E-state index contributed by atoms with van der Waals surface area (Å²) in [6, 6.07) is 19.5. The van der Waals surface area contributed by atoms with Crippen LogP contribution in [0.15, 0.2) is 79.3 Å². The van der Waals surface area contributed by atoms with E-state index in [0.717, 1.165) is 44.5 Å². The molecule has 0 spiro atoms. The first kappa shape index (κ1) is 25.0. The van der Waals surface area contributed by atoms with Crippen LogP contribution in [0.5, 0.6) is 0 Å². The highest BCUT2D eigenvalue weighted by atomic mass is 16.1. The number of pyridine rings is 1. The molecule has 0 saturated heterocycles. The molecule has 4 aromatic heterocycles. The zero-order valence-corrected chi connectivity index (χ0v) is 22.4. The number of fused-ring (bicyclic) bond motifs is 2. The van der Waals surface area contributed by atoms with Crippen molar-refractivity contribution >= 4 is 40.4 Å². The van der Waals surface area contributed by atoms with Crippen LogP contribution < -0.4 is 11.1 Å². The zero-order valence-electron chi connectivity index (χ0n) is 22.4. The number of para-hydroxylation sites is 1. The van der Waals surface area contributed by atoms with Gasteiger partial charge in [0, 0.05) is 53.3 Å². The Morgan fingerprint density at radius 1 is 1.02 bits per heavy atom. The van der Waals surface area contributed by atoms with Crippen molar-refractivity contribution in [1.29, 1.82) is 0 Å².